The first-order chi connectivity index (χ1) is 9.54. The Hall–Kier alpha value is -1.69. The molecule has 0 aliphatic carbocycles. The molecule has 1 rings (SSSR count). The van der Waals surface area contributed by atoms with Crippen molar-refractivity contribution in [2.75, 3.05) is 5.32 Å². The first kappa shape index (κ1) is 16.4. The minimum absolute atomic E-state index is 0.541. The van der Waals surface area contributed by atoms with Crippen molar-refractivity contribution in [3.63, 3.8) is 0 Å². The lowest BCUT2D eigenvalue weighted by Gasteiger charge is -2.06. The number of anilines is 1. The molecule has 0 fully saturated rings. The number of unbranched alkanes of at least 4 members (excludes halogenated alkanes) is 1. The molecule has 2 amide bonds. The third-order valence-corrected chi connectivity index (χ3v) is 3.26. The van der Waals surface area contributed by atoms with Crippen LogP contribution in [0.25, 0.3) is 0 Å². The minimum atomic E-state index is -0.781. The number of carbonyl (C=O) groups is 2. The third-order valence-electron chi connectivity index (χ3n) is 2.57. The van der Waals surface area contributed by atoms with Crippen LogP contribution in [0.4, 0.5) is 5.69 Å². The van der Waals surface area contributed by atoms with Gasteiger partial charge in [-0.3, -0.25) is 9.59 Å². The predicted molar refractivity (Wildman–Crippen MR) is 83.5 cm³/mol. The van der Waals surface area contributed by atoms with Crippen molar-refractivity contribution >= 4 is 39.1 Å². The maximum absolute atomic E-state index is 11.7. The fourth-order valence-corrected chi connectivity index (χ4v) is 1.81. The quantitative estimate of drug-likeness (QED) is 0.491. The molecule has 0 aromatic heterocycles. The number of para-hydroxylation sites is 1. The number of nitrogens with zero attached hydrogens (tertiary/aromatic N) is 1. The van der Waals surface area contributed by atoms with Gasteiger partial charge in [0.2, 0.25) is 0 Å². The van der Waals surface area contributed by atoms with E-state index in [2.05, 4.69) is 38.7 Å². The predicted octanol–water partition coefficient (Wildman–Crippen LogP) is 3.07. The Balaban J connectivity index is 2.52. The fourth-order valence-electron chi connectivity index (χ4n) is 1.43. The smallest absolute Gasteiger partial charge is 0.317 e. The summed E-state index contributed by atoms with van der Waals surface area (Å²) in [5.41, 5.74) is 3.59. The summed E-state index contributed by atoms with van der Waals surface area (Å²) in [6.07, 6.45) is 2.88. The van der Waals surface area contributed by atoms with Crippen molar-refractivity contribution in [2.24, 2.45) is 5.10 Å². The number of hydrogen-bond acceptors (Lipinski definition) is 3. The Labute approximate surface area is 127 Å². The molecule has 0 aliphatic rings. The van der Waals surface area contributed by atoms with Crippen molar-refractivity contribution in [3.8, 4) is 0 Å². The van der Waals surface area contributed by atoms with Gasteiger partial charge in [0.1, 0.15) is 0 Å². The van der Waals surface area contributed by atoms with Crippen molar-refractivity contribution in [2.45, 2.75) is 33.1 Å². The minimum Gasteiger partial charge on any atom is -0.317 e. The number of hydrogen-bond donors (Lipinski definition) is 2. The van der Waals surface area contributed by atoms with E-state index in [0.29, 0.717) is 10.2 Å². The second-order valence-electron chi connectivity index (χ2n) is 4.33. The molecule has 1 aromatic rings. The molecule has 20 heavy (non-hydrogen) atoms. The van der Waals surface area contributed by atoms with Gasteiger partial charge in [-0.25, -0.2) is 5.43 Å². The second-order valence-corrected chi connectivity index (χ2v) is 5.18. The van der Waals surface area contributed by atoms with Crippen LogP contribution in [0.1, 0.15) is 33.1 Å². The lowest BCUT2D eigenvalue weighted by Crippen LogP contribution is -2.33. The summed E-state index contributed by atoms with van der Waals surface area (Å²) in [6, 6.07) is 7.07. The molecule has 108 valence electrons. The summed E-state index contributed by atoms with van der Waals surface area (Å²) in [5, 5.41) is 6.40. The number of benzene rings is 1. The van der Waals surface area contributed by atoms with Crippen LogP contribution in [0.3, 0.4) is 0 Å². The summed E-state index contributed by atoms with van der Waals surface area (Å²) in [6.45, 7) is 3.90. The highest BCUT2D eigenvalue weighted by atomic mass is 79.9. The van der Waals surface area contributed by atoms with Crippen LogP contribution >= 0.6 is 15.9 Å². The van der Waals surface area contributed by atoms with Crippen molar-refractivity contribution in [3.05, 3.63) is 28.7 Å². The van der Waals surface area contributed by atoms with Gasteiger partial charge in [0.25, 0.3) is 0 Å². The molecule has 5 nitrogen and oxygen atoms in total. The summed E-state index contributed by atoms with van der Waals surface area (Å²) in [7, 11) is 0. The molecule has 1 aromatic carbocycles. The number of hydrazone groups is 1. The first-order valence-corrected chi connectivity index (χ1v) is 7.23. The fraction of sp³-hybridized carbons (Fsp3) is 0.357. The van der Waals surface area contributed by atoms with E-state index in [0.717, 1.165) is 25.0 Å². The molecule has 0 saturated carbocycles. The van der Waals surface area contributed by atoms with Crippen molar-refractivity contribution in [1.82, 2.24) is 5.43 Å². The molecular weight excluding hydrogens is 322 g/mol. The Bertz CT molecular complexity index is 515. The van der Waals surface area contributed by atoms with Gasteiger partial charge in [-0.15, -0.1) is 0 Å². The SMILES string of the molecule is CCCC/C(C)=N\NC(=O)C(=O)Nc1ccccc1Br. The average molecular weight is 340 g/mol. The zero-order valence-electron chi connectivity index (χ0n) is 11.6. The van der Waals surface area contributed by atoms with E-state index in [1.807, 2.05) is 13.0 Å². The lowest BCUT2D eigenvalue weighted by atomic mass is 10.2. The van der Waals surface area contributed by atoms with E-state index in [-0.39, 0.29) is 0 Å². The number of halogens is 1. The van der Waals surface area contributed by atoms with Crippen LogP contribution in [0.15, 0.2) is 33.8 Å². The van der Waals surface area contributed by atoms with Gasteiger partial charge in [-0.05, 0) is 47.8 Å². The summed E-state index contributed by atoms with van der Waals surface area (Å²) < 4.78 is 0.712. The van der Waals surface area contributed by atoms with Crippen molar-refractivity contribution < 1.29 is 9.59 Å². The Morgan fingerprint density at radius 2 is 1.95 bits per heavy atom. The molecule has 0 unspecified atom stereocenters. The van der Waals surface area contributed by atoms with Gasteiger partial charge in [0.05, 0.1) is 5.69 Å². The Morgan fingerprint density at radius 3 is 2.60 bits per heavy atom. The molecule has 0 bridgehead atoms. The molecule has 0 saturated heterocycles. The molecule has 0 atom stereocenters. The number of carbonyl (C=O) groups excluding carboxylic acids is 2. The highest BCUT2D eigenvalue weighted by molar-refractivity contribution is 9.10. The van der Waals surface area contributed by atoms with Crippen LogP contribution in [0, 0.1) is 0 Å². The Kier molecular flexibility index (Phi) is 6.93. The van der Waals surface area contributed by atoms with Gasteiger partial charge >= 0.3 is 11.8 Å². The molecule has 0 spiro atoms. The van der Waals surface area contributed by atoms with E-state index < -0.39 is 11.8 Å². The highest BCUT2D eigenvalue weighted by Gasteiger charge is 2.14. The highest BCUT2D eigenvalue weighted by Crippen LogP contribution is 2.20. The average Bonchev–Trinajstić information content (AvgIpc) is 2.44. The Morgan fingerprint density at radius 1 is 1.25 bits per heavy atom. The molecule has 0 aliphatic heterocycles. The summed E-state index contributed by atoms with van der Waals surface area (Å²) >= 11 is 3.29. The van der Waals surface area contributed by atoms with Crippen LogP contribution < -0.4 is 10.7 Å². The van der Waals surface area contributed by atoms with E-state index >= 15 is 0 Å². The zero-order valence-corrected chi connectivity index (χ0v) is 13.2. The molecule has 6 heteroatoms. The topological polar surface area (TPSA) is 70.6 Å². The summed E-state index contributed by atoms with van der Waals surface area (Å²) in [5.74, 6) is -1.53. The zero-order chi connectivity index (χ0) is 15.0. The number of amides is 2. The van der Waals surface area contributed by atoms with E-state index in [4.69, 9.17) is 0 Å². The third kappa shape index (κ3) is 5.52. The van der Waals surface area contributed by atoms with E-state index in [1.165, 1.54) is 0 Å². The maximum Gasteiger partial charge on any atom is 0.329 e. The van der Waals surface area contributed by atoms with E-state index in [9.17, 15) is 9.59 Å². The standard InChI is InChI=1S/C14H18BrN3O2/c1-3-4-7-10(2)17-18-14(20)13(19)16-12-9-6-5-8-11(12)15/h5-6,8-9H,3-4,7H2,1-2H3,(H,16,19)(H,18,20)/b17-10-. The number of rotatable bonds is 5. The van der Waals surface area contributed by atoms with Gasteiger partial charge in [0, 0.05) is 10.2 Å². The van der Waals surface area contributed by atoms with Crippen molar-refractivity contribution in [1.29, 1.82) is 0 Å². The van der Waals surface area contributed by atoms with Crippen LogP contribution in [-0.2, 0) is 9.59 Å². The summed E-state index contributed by atoms with van der Waals surface area (Å²) in [4.78, 5) is 23.3. The van der Waals surface area contributed by atoms with Gasteiger partial charge in [0.15, 0.2) is 0 Å². The second kappa shape index (κ2) is 8.47. The van der Waals surface area contributed by atoms with Gasteiger partial charge in [-0.1, -0.05) is 25.5 Å². The van der Waals surface area contributed by atoms with Crippen LogP contribution in [0.5, 0.6) is 0 Å². The monoisotopic (exact) mass is 339 g/mol. The van der Waals surface area contributed by atoms with Gasteiger partial charge < -0.3 is 5.32 Å². The molecule has 2 N–H and O–H groups in total. The normalized spacial score (nSPS) is 11.1. The molecule has 0 radical (unpaired) electrons. The largest absolute Gasteiger partial charge is 0.329 e. The number of nitrogens with one attached hydrogen (secondary N) is 2. The molecular formula is C14H18BrN3O2. The van der Waals surface area contributed by atoms with E-state index in [1.54, 1.807) is 18.2 Å². The van der Waals surface area contributed by atoms with Crippen LogP contribution in [-0.4, -0.2) is 17.5 Å². The van der Waals surface area contributed by atoms with Gasteiger partial charge in [-0.2, -0.15) is 5.10 Å². The first-order valence-electron chi connectivity index (χ1n) is 6.43. The maximum atomic E-state index is 11.7. The lowest BCUT2D eigenvalue weighted by molar-refractivity contribution is -0.136. The molecule has 0 heterocycles. The van der Waals surface area contributed by atoms with Crippen LogP contribution in [0.2, 0.25) is 0 Å².